The Balaban J connectivity index is 2.07. The maximum absolute atomic E-state index is 12.2. The van der Waals surface area contributed by atoms with Crippen LogP contribution >= 0.6 is 0 Å². The highest BCUT2D eigenvalue weighted by molar-refractivity contribution is 6.16. The maximum Gasteiger partial charge on any atom is 0.253 e. The summed E-state index contributed by atoms with van der Waals surface area (Å²) >= 11 is 0. The van der Waals surface area contributed by atoms with E-state index in [1.165, 1.54) is 5.01 Å². The molecule has 0 bridgehead atoms. The normalized spacial score (nSPS) is 16.6. The van der Waals surface area contributed by atoms with Gasteiger partial charge in [0.15, 0.2) is 0 Å². The van der Waals surface area contributed by atoms with Crippen LogP contribution in [0, 0.1) is 0 Å². The summed E-state index contributed by atoms with van der Waals surface area (Å²) < 4.78 is 5.22. The summed E-state index contributed by atoms with van der Waals surface area (Å²) in [4.78, 5) is 20.7. The first-order valence-electron chi connectivity index (χ1n) is 6.33. The van der Waals surface area contributed by atoms with Crippen LogP contribution in [0.4, 0.5) is 5.69 Å². The topological polar surface area (TPSA) is 67.7 Å². The van der Waals surface area contributed by atoms with Gasteiger partial charge in [0, 0.05) is 19.5 Å². The Bertz CT molecular complexity index is 693. The second kappa shape index (κ2) is 4.97. The first-order valence-corrected chi connectivity index (χ1v) is 6.33. The molecule has 1 aliphatic rings. The summed E-state index contributed by atoms with van der Waals surface area (Å²) in [6.45, 7) is 1.87. The van der Waals surface area contributed by atoms with E-state index in [1.807, 2.05) is 19.1 Å². The van der Waals surface area contributed by atoms with E-state index in [0.717, 1.165) is 11.2 Å². The van der Waals surface area contributed by atoms with Gasteiger partial charge in [-0.05, 0) is 25.1 Å². The van der Waals surface area contributed by atoms with Crippen LogP contribution in [0.25, 0.3) is 11.0 Å². The molecule has 6 heteroatoms. The third-order valence-corrected chi connectivity index (χ3v) is 3.32. The van der Waals surface area contributed by atoms with Gasteiger partial charge in [0.05, 0.1) is 29.4 Å². The van der Waals surface area contributed by atoms with E-state index >= 15 is 0 Å². The molecule has 1 atom stereocenters. The molecule has 0 N–H and O–H groups in total. The zero-order valence-electron chi connectivity index (χ0n) is 11.3. The molecule has 3 rings (SSSR count). The van der Waals surface area contributed by atoms with Crippen molar-refractivity contribution in [2.45, 2.75) is 19.4 Å². The zero-order valence-corrected chi connectivity index (χ0v) is 11.3. The molecule has 0 radical (unpaired) electrons. The third kappa shape index (κ3) is 2.04. The molecule has 2 aromatic rings. The number of hydrogen-bond donors (Lipinski definition) is 0. The van der Waals surface area contributed by atoms with Crippen molar-refractivity contribution in [3.8, 4) is 0 Å². The van der Waals surface area contributed by atoms with Gasteiger partial charge >= 0.3 is 0 Å². The Labute approximate surface area is 116 Å². The SMILES string of the molecule is COC(C)C1=NN(c2ccnc3cccnc23)C(=O)C1. The number of hydrogen-bond acceptors (Lipinski definition) is 5. The van der Waals surface area contributed by atoms with Crippen molar-refractivity contribution in [1.29, 1.82) is 0 Å². The predicted molar refractivity (Wildman–Crippen MR) is 75.5 cm³/mol. The molecule has 20 heavy (non-hydrogen) atoms. The molecule has 1 aliphatic heterocycles. The summed E-state index contributed by atoms with van der Waals surface area (Å²) in [6.07, 6.45) is 3.42. The van der Waals surface area contributed by atoms with Crippen LogP contribution in [0.3, 0.4) is 0 Å². The Morgan fingerprint density at radius 1 is 1.30 bits per heavy atom. The van der Waals surface area contributed by atoms with Crippen molar-refractivity contribution in [3.05, 3.63) is 30.6 Å². The van der Waals surface area contributed by atoms with Crippen LogP contribution in [0.1, 0.15) is 13.3 Å². The zero-order chi connectivity index (χ0) is 14.1. The smallest absolute Gasteiger partial charge is 0.253 e. The van der Waals surface area contributed by atoms with E-state index in [4.69, 9.17) is 4.74 Å². The standard InChI is InChI=1S/C14H14N4O2/c1-9(20-2)11-8-13(19)18(17-11)12-5-7-15-10-4-3-6-16-14(10)12/h3-7,9H,8H2,1-2H3. The molecule has 102 valence electrons. The minimum atomic E-state index is -0.176. The lowest BCUT2D eigenvalue weighted by molar-refractivity contribution is -0.116. The molecule has 0 spiro atoms. The van der Waals surface area contributed by atoms with Crippen LogP contribution in [0.15, 0.2) is 35.7 Å². The first kappa shape index (κ1) is 12.7. The lowest BCUT2D eigenvalue weighted by atomic mass is 10.2. The van der Waals surface area contributed by atoms with E-state index in [1.54, 1.807) is 25.6 Å². The van der Waals surface area contributed by atoms with Gasteiger partial charge in [-0.2, -0.15) is 10.1 Å². The molecule has 1 unspecified atom stereocenters. The van der Waals surface area contributed by atoms with Gasteiger partial charge in [0.25, 0.3) is 5.91 Å². The second-order valence-electron chi connectivity index (χ2n) is 4.55. The van der Waals surface area contributed by atoms with E-state index in [0.29, 0.717) is 11.2 Å². The molecular weight excluding hydrogens is 256 g/mol. The van der Waals surface area contributed by atoms with Crippen molar-refractivity contribution < 1.29 is 9.53 Å². The summed E-state index contributed by atoms with van der Waals surface area (Å²) in [6, 6.07) is 5.42. The number of anilines is 1. The lowest BCUT2D eigenvalue weighted by Gasteiger charge is -2.13. The molecule has 1 amide bonds. The molecule has 0 fully saturated rings. The van der Waals surface area contributed by atoms with Crippen LogP contribution in [-0.2, 0) is 9.53 Å². The maximum atomic E-state index is 12.2. The van der Waals surface area contributed by atoms with Gasteiger partial charge in [-0.25, -0.2) is 0 Å². The molecule has 0 saturated carbocycles. The Hall–Kier alpha value is -2.34. The minimum Gasteiger partial charge on any atom is -0.376 e. The predicted octanol–water partition coefficient (Wildman–Crippen LogP) is 1.76. The number of pyridine rings is 2. The van der Waals surface area contributed by atoms with Crippen LogP contribution in [0.5, 0.6) is 0 Å². The minimum absolute atomic E-state index is 0.0814. The summed E-state index contributed by atoms with van der Waals surface area (Å²) in [5.74, 6) is -0.0814. The molecule has 0 aliphatic carbocycles. The molecule has 0 saturated heterocycles. The molecule has 2 aromatic heterocycles. The average Bonchev–Trinajstić information content (AvgIpc) is 2.87. The lowest BCUT2D eigenvalue weighted by Crippen LogP contribution is -2.20. The second-order valence-corrected chi connectivity index (χ2v) is 4.55. The Kier molecular flexibility index (Phi) is 3.15. The number of fused-ring (bicyclic) bond motifs is 1. The van der Waals surface area contributed by atoms with Gasteiger partial charge < -0.3 is 4.74 Å². The summed E-state index contributed by atoms with van der Waals surface area (Å²) in [5, 5.41) is 5.76. The Morgan fingerprint density at radius 3 is 2.95 bits per heavy atom. The summed E-state index contributed by atoms with van der Waals surface area (Å²) in [7, 11) is 1.60. The number of ether oxygens (including phenoxy) is 1. The summed E-state index contributed by atoms with van der Waals surface area (Å²) in [5.41, 5.74) is 2.77. The van der Waals surface area contributed by atoms with E-state index in [2.05, 4.69) is 15.1 Å². The van der Waals surface area contributed by atoms with E-state index in [-0.39, 0.29) is 18.4 Å². The Morgan fingerprint density at radius 2 is 2.15 bits per heavy atom. The van der Waals surface area contributed by atoms with Crippen LogP contribution in [-0.4, -0.2) is 34.8 Å². The number of nitrogens with zero attached hydrogens (tertiary/aromatic N) is 4. The number of rotatable bonds is 3. The first-order chi connectivity index (χ1) is 9.70. The number of amides is 1. The van der Waals surface area contributed by atoms with Crippen molar-refractivity contribution in [2.75, 3.05) is 12.1 Å². The highest BCUT2D eigenvalue weighted by Gasteiger charge is 2.29. The number of hydrazone groups is 1. The molecular formula is C14H14N4O2. The van der Waals surface area contributed by atoms with Crippen LogP contribution in [0.2, 0.25) is 0 Å². The number of carbonyl (C=O) groups is 1. The van der Waals surface area contributed by atoms with Crippen molar-refractivity contribution in [2.24, 2.45) is 5.10 Å². The average molecular weight is 270 g/mol. The van der Waals surface area contributed by atoms with E-state index in [9.17, 15) is 4.79 Å². The fourth-order valence-electron chi connectivity index (χ4n) is 2.14. The number of methoxy groups -OCH3 is 1. The fraction of sp³-hybridized carbons (Fsp3) is 0.286. The van der Waals surface area contributed by atoms with Gasteiger partial charge in [-0.15, -0.1) is 0 Å². The van der Waals surface area contributed by atoms with Crippen LogP contribution < -0.4 is 5.01 Å². The molecule has 6 nitrogen and oxygen atoms in total. The van der Waals surface area contributed by atoms with Gasteiger partial charge in [0.1, 0.15) is 5.52 Å². The van der Waals surface area contributed by atoms with Crippen molar-refractivity contribution in [1.82, 2.24) is 9.97 Å². The highest BCUT2D eigenvalue weighted by Crippen LogP contribution is 2.27. The third-order valence-electron chi connectivity index (χ3n) is 3.32. The number of carbonyl (C=O) groups excluding carboxylic acids is 1. The highest BCUT2D eigenvalue weighted by atomic mass is 16.5. The molecule has 0 aromatic carbocycles. The number of aromatic nitrogens is 2. The van der Waals surface area contributed by atoms with Gasteiger partial charge in [0.2, 0.25) is 0 Å². The fourth-order valence-corrected chi connectivity index (χ4v) is 2.14. The van der Waals surface area contributed by atoms with E-state index < -0.39 is 0 Å². The monoisotopic (exact) mass is 270 g/mol. The quantitative estimate of drug-likeness (QED) is 0.852. The van der Waals surface area contributed by atoms with Gasteiger partial charge in [-0.1, -0.05) is 0 Å². The molecule has 3 heterocycles. The van der Waals surface area contributed by atoms with Crippen molar-refractivity contribution >= 4 is 28.3 Å². The van der Waals surface area contributed by atoms with Crippen molar-refractivity contribution in [3.63, 3.8) is 0 Å². The van der Waals surface area contributed by atoms with Gasteiger partial charge in [-0.3, -0.25) is 14.8 Å². The largest absolute Gasteiger partial charge is 0.376 e.